The summed E-state index contributed by atoms with van der Waals surface area (Å²) in [6.45, 7) is 0. The standard InChI is InChI=1S/C28H34N4O6/c1-38-25-13-12-23(32(36)37)17-24(25)31-28(35)20-14-21(29-26(33)18-8-4-2-5-9-18)16-22(15-20)30-27(34)19-10-6-3-7-11-19/h12-19H,2-11H2,1H3,(H,29,33)(H,30,34)(H,31,35). The van der Waals surface area contributed by atoms with E-state index in [-0.39, 0.29) is 46.3 Å². The first-order chi connectivity index (χ1) is 18.3. The van der Waals surface area contributed by atoms with Crippen molar-refractivity contribution in [2.45, 2.75) is 64.2 Å². The second kappa shape index (κ2) is 12.5. The third-order valence-electron chi connectivity index (χ3n) is 7.32. The van der Waals surface area contributed by atoms with Crippen LogP contribution in [0.1, 0.15) is 74.6 Å². The first-order valence-electron chi connectivity index (χ1n) is 13.2. The number of nitro groups is 1. The molecule has 2 saturated carbocycles. The summed E-state index contributed by atoms with van der Waals surface area (Å²) in [6.07, 6.45) is 9.57. The molecule has 0 unspecified atom stereocenters. The van der Waals surface area contributed by atoms with E-state index in [4.69, 9.17) is 4.74 Å². The van der Waals surface area contributed by atoms with Gasteiger partial charge in [0, 0.05) is 40.9 Å². The zero-order valence-corrected chi connectivity index (χ0v) is 21.6. The average Bonchev–Trinajstić information content (AvgIpc) is 2.93. The number of nitrogens with one attached hydrogen (secondary N) is 3. The van der Waals surface area contributed by atoms with Gasteiger partial charge in [-0.15, -0.1) is 0 Å². The van der Waals surface area contributed by atoms with Gasteiger partial charge in [0.15, 0.2) is 0 Å². The van der Waals surface area contributed by atoms with Crippen LogP contribution in [0.3, 0.4) is 0 Å². The van der Waals surface area contributed by atoms with Crippen molar-refractivity contribution in [2.24, 2.45) is 11.8 Å². The molecule has 10 nitrogen and oxygen atoms in total. The maximum atomic E-state index is 13.3. The lowest BCUT2D eigenvalue weighted by molar-refractivity contribution is -0.384. The van der Waals surface area contributed by atoms with Gasteiger partial charge in [-0.2, -0.15) is 0 Å². The van der Waals surface area contributed by atoms with Crippen molar-refractivity contribution in [3.8, 4) is 5.75 Å². The molecular weight excluding hydrogens is 488 g/mol. The molecule has 0 atom stereocenters. The van der Waals surface area contributed by atoms with Crippen molar-refractivity contribution in [3.63, 3.8) is 0 Å². The Balaban J connectivity index is 1.60. The van der Waals surface area contributed by atoms with E-state index in [1.807, 2.05) is 0 Å². The number of rotatable bonds is 8. The van der Waals surface area contributed by atoms with Gasteiger partial charge in [-0.05, 0) is 49.9 Å². The van der Waals surface area contributed by atoms with Gasteiger partial charge in [0.1, 0.15) is 5.75 Å². The van der Waals surface area contributed by atoms with Crippen molar-refractivity contribution in [3.05, 3.63) is 52.1 Å². The summed E-state index contributed by atoms with van der Waals surface area (Å²) in [5.41, 5.74) is 0.918. The molecular formula is C28H34N4O6. The fraction of sp³-hybridized carbons (Fsp3) is 0.464. The average molecular weight is 523 g/mol. The second-order valence-corrected chi connectivity index (χ2v) is 10.0. The van der Waals surface area contributed by atoms with Gasteiger partial charge in [0.2, 0.25) is 11.8 Å². The molecule has 0 heterocycles. The number of non-ortho nitro benzene ring substituents is 1. The van der Waals surface area contributed by atoms with Crippen LogP contribution in [-0.4, -0.2) is 29.8 Å². The highest BCUT2D eigenvalue weighted by Gasteiger charge is 2.24. The number of ether oxygens (including phenoxy) is 1. The van der Waals surface area contributed by atoms with Crippen molar-refractivity contribution in [1.82, 2.24) is 0 Å². The van der Waals surface area contributed by atoms with Gasteiger partial charge in [-0.3, -0.25) is 24.5 Å². The van der Waals surface area contributed by atoms with E-state index in [2.05, 4.69) is 16.0 Å². The molecule has 3 N–H and O–H groups in total. The number of nitro benzene ring substituents is 1. The topological polar surface area (TPSA) is 140 Å². The smallest absolute Gasteiger partial charge is 0.271 e. The molecule has 0 aliphatic heterocycles. The lowest BCUT2D eigenvalue weighted by Gasteiger charge is -2.22. The number of anilines is 3. The molecule has 2 aliphatic rings. The Morgan fingerprint density at radius 3 is 1.79 bits per heavy atom. The van der Waals surface area contributed by atoms with Crippen LogP contribution in [0.25, 0.3) is 0 Å². The van der Waals surface area contributed by atoms with E-state index >= 15 is 0 Å². The van der Waals surface area contributed by atoms with Crippen molar-refractivity contribution < 1.29 is 24.0 Å². The summed E-state index contributed by atoms with van der Waals surface area (Å²) in [7, 11) is 1.40. The Hall–Kier alpha value is -3.95. The lowest BCUT2D eigenvalue weighted by atomic mass is 9.88. The van der Waals surface area contributed by atoms with Crippen LogP contribution in [0, 0.1) is 22.0 Å². The van der Waals surface area contributed by atoms with Crippen LogP contribution < -0.4 is 20.7 Å². The monoisotopic (exact) mass is 522 g/mol. The summed E-state index contributed by atoms with van der Waals surface area (Å²) in [5.74, 6) is -0.687. The number of hydrogen-bond acceptors (Lipinski definition) is 6. The largest absolute Gasteiger partial charge is 0.495 e. The number of nitrogens with zero attached hydrogens (tertiary/aromatic N) is 1. The van der Waals surface area contributed by atoms with Gasteiger partial charge in [0.05, 0.1) is 17.7 Å². The Bertz CT molecular complexity index is 1150. The molecule has 38 heavy (non-hydrogen) atoms. The van der Waals surface area contributed by atoms with E-state index in [0.717, 1.165) is 64.2 Å². The SMILES string of the molecule is COc1ccc([N+](=O)[O-])cc1NC(=O)c1cc(NC(=O)C2CCCCC2)cc(NC(=O)C2CCCCC2)c1. The van der Waals surface area contributed by atoms with E-state index in [1.54, 1.807) is 6.07 Å². The molecule has 4 rings (SSSR count). The molecule has 0 saturated heterocycles. The minimum Gasteiger partial charge on any atom is -0.495 e. The van der Waals surface area contributed by atoms with Crippen LogP contribution in [0.2, 0.25) is 0 Å². The van der Waals surface area contributed by atoms with E-state index in [9.17, 15) is 24.5 Å². The summed E-state index contributed by atoms with van der Waals surface area (Å²) >= 11 is 0. The van der Waals surface area contributed by atoms with Crippen molar-refractivity contribution >= 4 is 40.5 Å². The van der Waals surface area contributed by atoms with Crippen LogP contribution in [0.15, 0.2) is 36.4 Å². The number of carbonyl (C=O) groups is 3. The highest BCUT2D eigenvalue weighted by Crippen LogP contribution is 2.31. The number of carbonyl (C=O) groups excluding carboxylic acids is 3. The minimum absolute atomic E-state index is 0.0874. The predicted molar refractivity (Wildman–Crippen MR) is 144 cm³/mol. The Morgan fingerprint density at radius 2 is 1.32 bits per heavy atom. The Morgan fingerprint density at radius 1 is 0.789 bits per heavy atom. The fourth-order valence-electron chi connectivity index (χ4n) is 5.22. The summed E-state index contributed by atoms with van der Waals surface area (Å²) in [6, 6.07) is 8.65. The zero-order valence-electron chi connectivity index (χ0n) is 21.6. The third-order valence-corrected chi connectivity index (χ3v) is 7.32. The molecule has 2 aromatic carbocycles. The third kappa shape index (κ3) is 6.87. The van der Waals surface area contributed by atoms with E-state index in [1.165, 1.54) is 37.4 Å². The lowest BCUT2D eigenvalue weighted by Crippen LogP contribution is -2.26. The van der Waals surface area contributed by atoms with Gasteiger partial charge in [0.25, 0.3) is 11.6 Å². The van der Waals surface area contributed by atoms with Gasteiger partial charge < -0.3 is 20.7 Å². The molecule has 0 bridgehead atoms. The first kappa shape index (κ1) is 27.1. The van der Waals surface area contributed by atoms with Gasteiger partial charge in [-0.1, -0.05) is 38.5 Å². The highest BCUT2D eigenvalue weighted by atomic mass is 16.6. The number of methoxy groups -OCH3 is 1. The van der Waals surface area contributed by atoms with Crippen molar-refractivity contribution in [2.75, 3.05) is 23.1 Å². The van der Waals surface area contributed by atoms with E-state index in [0.29, 0.717) is 11.4 Å². The molecule has 202 valence electrons. The number of benzene rings is 2. The zero-order chi connectivity index (χ0) is 27.1. The van der Waals surface area contributed by atoms with Crippen LogP contribution >= 0.6 is 0 Å². The normalized spacial score (nSPS) is 16.3. The summed E-state index contributed by atoms with van der Waals surface area (Å²) in [5, 5.41) is 19.8. The van der Waals surface area contributed by atoms with Gasteiger partial charge >= 0.3 is 0 Å². The highest BCUT2D eigenvalue weighted by molar-refractivity contribution is 6.07. The number of hydrogen-bond donors (Lipinski definition) is 3. The maximum absolute atomic E-state index is 13.3. The second-order valence-electron chi connectivity index (χ2n) is 10.0. The molecule has 2 aromatic rings. The Kier molecular flexibility index (Phi) is 8.93. The van der Waals surface area contributed by atoms with Crippen LogP contribution in [0.5, 0.6) is 5.75 Å². The number of amides is 3. The Labute approximate surface area is 221 Å². The molecule has 2 aliphatic carbocycles. The molecule has 2 fully saturated rings. The van der Waals surface area contributed by atoms with Crippen molar-refractivity contribution in [1.29, 1.82) is 0 Å². The first-order valence-corrected chi connectivity index (χ1v) is 13.2. The molecule has 0 radical (unpaired) electrons. The summed E-state index contributed by atoms with van der Waals surface area (Å²) < 4.78 is 5.25. The van der Waals surface area contributed by atoms with Crippen LogP contribution in [-0.2, 0) is 9.59 Å². The quantitative estimate of drug-likeness (QED) is 0.292. The molecule has 3 amide bonds. The molecule has 0 spiro atoms. The predicted octanol–water partition coefficient (Wildman–Crippen LogP) is 5.89. The fourth-order valence-corrected chi connectivity index (χ4v) is 5.22. The van der Waals surface area contributed by atoms with Crippen LogP contribution in [0.4, 0.5) is 22.7 Å². The minimum atomic E-state index is -0.564. The molecule has 10 heteroatoms. The van der Waals surface area contributed by atoms with E-state index < -0.39 is 10.8 Å². The maximum Gasteiger partial charge on any atom is 0.271 e. The molecule has 0 aromatic heterocycles. The van der Waals surface area contributed by atoms with Gasteiger partial charge in [-0.25, -0.2) is 0 Å². The summed E-state index contributed by atoms with van der Waals surface area (Å²) in [4.78, 5) is 49.8.